The Bertz CT molecular complexity index is 6880. The molecule has 21 nitrogen and oxygen atoms in total. The monoisotopic (exact) mass is 1820 g/mol. The summed E-state index contributed by atoms with van der Waals surface area (Å²) in [5.41, 5.74) is 11.1. The van der Waals surface area contributed by atoms with Gasteiger partial charge in [-0.1, -0.05) is 58.0 Å². The molecule has 29 heteroatoms. The van der Waals surface area contributed by atoms with Crippen LogP contribution in [0.15, 0.2) is 231 Å². The number of carbonyl (C=O) groups is 10. The molecule has 0 aliphatic heterocycles. The zero-order chi connectivity index (χ0) is 91.3. The van der Waals surface area contributed by atoms with Gasteiger partial charge in [0, 0.05) is 136 Å². The van der Waals surface area contributed by atoms with Crippen LogP contribution in [0.4, 0.5) is 8.78 Å². The number of carbonyl (C=O) groups excluding carboxylic acids is 10. The van der Waals surface area contributed by atoms with E-state index in [1.54, 1.807) is 205 Å². The number of hydrogen-bond acceptors (Lipinski definition) is 15. The quantitative estimate of drug-likeness (QED) is 0.0700. The molecule has 1 N–H and O–H groups in total. The van der Waals surface area contributed by atoms with Crippen molar-refractivity contribution in [2.45, 2.75) is 86.5 Å². The van der Waals surface area contributed by atoms with Crippen molar-refractivity contribution in [3.63, 3.8) is 0 Å². The molecule has 0 unspecified atom stereocenters. The summed E-state index contributed by atoms with van der Waals surface area (Å²) < 4.78 is 75.3. The second-order valence-electron chi connectivity index (χ2n) is 29.6. The van der Waals surface area contributed by atoms with Gasteiger partial charge in [-0.25, -0.2) is 17.2 Å². The topological polar surface area (TPSA) is 269 Å². The Morgan fingerprint density at radius 1 is 0.341 bits per heavy atom. The Morgan fingerprint density at radius 3 is 0.905 bits per heavy atom. The number of amides is 1. The van der Waals surface area contributed by atoms with E-state index in [9.17, 15) is 65.1 Å². The number of ketones is 4. The van der Waals surface area contributed by atoms with Gasteiger partial charge < -0.3 is 23.8 Å². The number of ether oxygens (including phenoxy) is 3. The number of rotatable bonds is 21. The summed E-state index contributed by atoms with van der Waals surface area (Å²) in [6, 6.07) is 57.9. The summed E-state index contributed by atoms with van der Waals surface area (Å²) in [5.74, 6) is -0.447. The number of aryl methyl sites for hydroxylation is 2. The third kappa shape index (κ3) is 22.8. The maximum atomic E-state index is 13.7. The van der Waals surface area contributed by atoms with Gasteiger partial charge >= 0.3 is 0 Å². The number of aromatic nitrogens is 5. The molecule has 5 aromatic heterocycles. The van der Waals surface area contributed by atoms with E-state index in [-0.39, 0.29) is 77.7 Å². The van der Waals surface area contributed by atoms with E-state index in [1.807, 2.05) is 48.9 Å². The number of hydrogen-bond donors (Lipinski definition) is 1. The average molecular weight is 1820 g/mol. The SMILES string of the molecule is CC(=O)CCc1c(C)c2cc(F)ccc2n1C(=O)c1ccc(Cl)cc1.CC(=O)Cc1cn(C(=O)c2ccc(Cl)cc2)c2ccc(F)cc12.COc1ccc2c(c1)c(C)c(CCC(C)=O)n2C(=O)c1ccc(Cl)cc1.COc1ccc2c(c1)c(CC(=O)NS(C)(=O)=O)cn2C(=O)c1ccc(Cl)cc1.COc1ccc2c(c1)c(CC(C)=O)cn2C(=O)c1ccc(Cl)cc1. The molecule has 0 spiro atoms. The molecule has 0 saturated heterocycles. The van der Waals surface area contributed by atoms with Gasteiger partial charge in [-0.05, 0) is 295 Å². The molecule has 0 fully saturated rings. The normalized spacial score (nSPS) is 11.0. The zero-order valence-corrected chi connectivity index (χ0v) is 74.4. The number of fused-ring (bicyclic) bond motifs is 5. The lowest BCUT2D eigenvalue weighted by atomic mass is 10.1. The van der Waals surface area contributed by atoms with Gasteiger partial charge in [-0.3, -0.25) is 65.9 Å². The highest BCUT2D eigenvalue weighted by Crippen LogP contribution is 2.35. The van der Waals surface area contributed by atoms with E-state index in [4.69, 9.17) is 72.2 Å². The average Bonchev–Trinajstić information content (AvgIpc) is 1.62. The molecule has 15 aromatic rings. The summed E-state index contributed by atoms with van der Waals surface area (Å²) in [4.78, 5) is 123. The standard InChI is InChI=1S/C21H20ClNO3.C20H17ClFNO2.C19H17ClN2O5S.C19H16ClNO3.C18H13ClFNO2/c1-13(24)4-10-19-14(2)18-12-17(26-3)9-11-20(18)23(19)21(25)15-5-7-16(22)8-6-15;1-12(24)3-9-18-13(2)17-11-16(22)8-10-19(17)23(18)20(25)14-4-6-15(21)7-5-14;1-27-15-7-8-17-16(10-15)13(9-18(23)21-28(2,25)26)11-22(17)19(24)12-3-5-14(20)6-4-12;1-12(22)9-14-11-21(18-8-7-16(24-2)10-17(14)18)19(23)13-3-5-15(20)6-4-13;1-11(22)8-13-10-21(17-7-6-15(20)9-16(13)17)18(23)12-2-4-14(19)5-3-12/h5-9,11-12H,4,10H2,1-3H3;4-8,10-11H,3,9H2,1-2H3;3-8,10-11H,9H2,1-2H3,(H,21,23);3-8,10-11H,9H2,1-2H3;2-7,9-10H,8H2,1H3. The predicted molar refractivity (Wildman–Crippen MR) is 488 cm³/mol. The smallest absolute Gasteiger partial charge is 0.262 e. The van der Waals surface area contributed by atoms with Gasteiger partial charge in [0.1, 0.15) is 52.0 Å². The van der Waals surface area contributed by atoms with Crippen LogP contribution in [0.3, 0.4) is 0 Å². The molecule has 15 rings (SSSR count). The molecular formula is C97H83Cl5F2N6O15S. The Hall–Kier alpha value is -12.9. The first-order valence-electron chi connectivity index (χ1n) is 39.1. The lowest BCUT2D eigenvalue weighted by molar-refractivity contribution is -0.119. The maximum absolute atomic E-state index is 13.7. The first kappa shape index (κ1) is 93.8. The largest absolute Gasteiger partial charge is 0.497 e. The number of methoxy groups -OCH3 is 3. The number of halogens is 7. The van der Waals surface area contributed by atoms with E-state index in [1.165, 1.54) is 67.5 Å². The van der Waals surface area contributed by atoms with Crippen molar-refractivity contribution >= 4 is 181 Å². The van der Waals surface area contributed by atoms with Crippen LogP contribution in [0, 0.1) is 25.5 Å². The lowest BCUT2D eigenvalue weighted by Crippen LogP contribution is -2.30. The highest BCUT2D eigenvalue weighted by atomic mass is 35.5. The molecule has 5 heterocycles. The summed E-state index contributed by atoms with van der Waals surface area (Å²) >= 11 is 29.4. The molecule has 0 radical (unpaired) electrons. The Kier molecular flexibility index (Phi) is 30.7. The highest BCUT2D eigenvalue weighted by molar-refractivity contribution is 7.89. The van der Waals surface area contributed by atoms with Crippen LogP contribution >= 0.6 is 58.0 Å². The van der Waals surface area contributed by atoms with E-state index in [2.05, 4.69) is 0 Å². The minimum absolute atomic E-state index is 0.0378. The van der Waals surface area contributed by atoms with Crippen LogP contribution in [0.5, 0.6) is 17.2 Å². The van der Waals surface area contributed by atoms with Crippen LogP contribution in [-0.2, 0) is 66.1 Å². The fourth-order valence-electron chi connectivity index (χ4n) is 14.3. The third-order valence-corrected chi connectivity index (χ3v) is 22.2. The van der Waals surface area contributed by atoms with Crippen molar-refractivity contribution in [3.05, 3.63) is 335 Å². The number of nitrogens with zero attached hydrogens (tertiary/aromatic N) is 5. The van der Waals surface area contributed by atoms with Crippen molar-refractivity contribution in [1.29, 1.82) is 0 Å². The molecule has 0 aliphatic rings. The second-order valence-corrected chi connectivity index (χ2v) is 33.5. The number of Topliss-reactive ketones (excluding diaryl/α,β-unsaturated/α-hetero) is 4. The summed E-state index contributed by atoms with van der Waals surface area (Å²) in [6.07, 6.45) is 7.63. The molecule has 0 aliphatic carbocycles. The van der Waals surface area contributed by atoms with Crippen LogP contribution < -0.4 is 18.9 Å². The van der Waals surface area contributed by atoms with Gasteiger partial charge in [0.05, 0.1) is 61.6 Å². The highest BCUT2D eigenvalue weighted by Gasteiger charge is 2.26. The summed E-state index contributed by atoms with van der Waals surface area (Å²) in [5, 5.41) is 6.41. The van der Waals surface area contributed by atoms with E-state index >= 15 is 0 Å². The van der Waals surface area contributed by atoms with Crippen LogP contribution in [0.25, 0.3) is 54.5 Å². The molecule has 0 atom stereocenters. The Labute approximate surface area is 748 Å². The molecule has 1 amide bonds. The van der Waals surface area contributed by atoms with Crippen LogP contribution in [0.1, 0.15) is 132 Å². The van der Waals surface area contributed by atoms with Gasteiger partial charge in [0.25, 0.3) is 29.5 Å². The minimum atomic E-state index is -3.68. The van der Waals surface area contributed by atoms with E-state index < -0.39 is 21.7 Å². The van der Waals surface area contributed by atoms with E-state index in [0.29, 0.717) is 134 Å². The fraction of sp³-hybridized carbons (Fsp3) is 0.175. The second kappa shape index (κ2) is 41.2. The molecule has 0 saturated carbocycles. The van der Waals surface area contributed by atoms with Gasteiger partial charge in [-0.15, -0.1) is 0 Å². The van der Waals surface area contributed by atoms with E-state index in [0.717, 1.165) is 61.9 Å². The van der Waals surface area contributed by atoms with Gasteiger partial charge in [0.15, 0.2) is 0 Å². The van der Waals surface area contributed by atoms with Gasteiger partial charge in [-0.2, -0.15) is 0 Å². The van der Waals surface area contributed by atoms with Crippen molar-refractivity contribution < 1.29 is 79.4 Å². The zero-order valence-electron chi connectivity index (χ0n) is 69.8. The van der Waals surface area contributed by atoms with Crippen LogP contribution in [-0.4, -0.2) is 117 Å². The predicted octanol–water partition coefficient (Wildman–Crippen LogP) is 20.8. The Balaban J connectivity index is 0.000000153. The molecular weight excluding hydrogens is 1740 g/mol. The number of nitrogens with one attached hydrogen (secondary N) is 1. The molecule has 0 bridgehead atoms. The van der Waals surface area contributed by atoms with Crippen LogP contribution in [0.2, 0.25) is 25.1 Å². The fourth-order valence-corrected chi connectivity index (χ4v) is 15.4. The molecule has 126 heavy (non-hydrogen) atoms. The molecule has 10 aromatic carbocycles. The number of sulfonamides is 1. The maximum Gasteiger partial charge on any atom is 0.262 e. The van der Waals surface area contributed by atoms with Crippen molar-refractivity contribution in [1.82, 2.24) is 27.6 Å². The van der Waals surface area contributed by atoms with Crippen molar-refractivity contribution in [2.75, 3.05) is 27.6 Å². The first-order valence-corrected chi connectivity index (χ1v) is 42.8. The minimum Gasteiger partial charge on any atom is -0.497 e. The summed E-state index contributed by atoms with van der Waals surface area (Å²) in [7, 11) is 1.03. The van der Waals surface area contributed by atoms with Crippen molar-refractivity contribution in [3.8, 4) is 17.2 Å². The first-order chi connectivity index (χ1) is 59.9. The van der Waals surface area contributed by atoms with Gasteiger partial charge in [0.2, 0.25) is 15.9 Å². The third-order valence-electron chi connectivity index (χ3n) is 20.4. The number of benzene rings is 10. The lowest BCUT2D eigenvalue weighted by Gasteiger charge is -2.10. The molecule has 646 valence electrons. The Morgan fingerprint density at radius 2 is 0.603 bits per heavy atom. The summed E-state index contributed by atoms with van der Waals surface area (Å²) in [6.45, 7) is 9.90. The van der Waals surface area contributed by atoms with Crippen molar-refractivity contribution in [2.24, 2.45) is 0 Å².